The summed E-state index contributed by atoms with van der Waals surface area (Å²) in [7, 11) is 2.06. The molecule has 0 amide bonds. The van der Waals surface area contributed by atoms with Crippen LogP contribution in [0.2, 0.25) is 5.02 Å². The fraction of sp³-hybridized carbons (Fsp3) is 0.625. The minimum atomic E-state index is 0.451. The quantitative estimate of drug-likeness (QED) is 0.818. The predicted molar refractivity (Wildman–Crippen MR) is 79.2 cm³/mol. The topological polar surface area (TPSA) is 12.0 Å². The average Bonchev–Trinajstić information content (AvgIpc) is 2.40. The van der Waals surface area contributed by atoms with Crippen molar-refractivity contribution in [3.63, 3.8) is 0 Å². The van der Waals surface area contributed by atoms with E-state index in [0.717, 1.165) is 10.9 Å². The molecule has 0 radical (unpaired) electrons. The van der Waals surface area contributed by atoms with E-state index < -0.39 is 0 Å². The van der Waals surface area contributed by atoms with Gasteiger partial charge in [0.2, 0.25) is 0 Å². The Morgan fingerprint density at radius 3 is 2.67 bits per heavy atom. The number of aryl methyl sites for hydroxylation is 1. The van der Waals surface area contributed by atoms with Crippen LogP contribution in [0.4, 0.5) is 0 Å². The Morgan fingerprint density at radius 1 is 1.28 bits per heavy atom. The fourth-order valence-electron chi connectivity index (χ4n) is 3.14. The maximum atomic E-state index is 6.13. The first-order valence-electron chi connectivity index (χ1n) is 7.14. The van der Waals surface area contributed by atoms with Crippen LogP contribution in [0.15, 0.2) is 18.2 Å². The van der Waals surface area contributed by atoms with Gasteiger partial charge >= 0.3 is 0 Å². The van der Waals surface area contributed by atoms with Crippen molar-refractivity contribution >= 4 is 11.6 Å². The van der Waals surface area contributed by atoms with Gasteiger partial charge in [-0.15, -0.1) is 0 Å². The zero-order valence-corrected chi connectivity index (χ0v) is 12.3. The van der Waals surface area contributed by atoms with Crippen molar-refractivity contribution < 1.29 is 0 Å². The first-order valence-corrected chi connectivity index (χ1v) is 7.52. The number of halogens is 1. The summed E-state index contributed by atoms with van der Waals surface area (Å²) in [5.41, 5.74) is 2.71. The first kappa shape index (κ1) is 13.9. The molecule has 1 aliphatic carbocycles. The highest BCUT2D eigenvalue weighted by molar-refractivity contribution is 6.30. The van der Waals surface area contributed by atoms with Gasteiger partial charge in [-0.2, -0.15) is 0 Å². The number of benzene rings is 1. The molecule has 18 heavy (non-hydrogen) atoms. The maximum Gasteiger partial charge on any atom is 0.0409 e. The molecular formula is C16H24ClN. The molecule has 1 aromatic carbocycles. The summed E-state index contributed by atoms with van der Waals surface area (Å²) >= 11 is 6.13. The number of hydrogen-bond acceptors (Lipinski definition) is 1. The van der Waals surface area contributed by atoms with Crippen LogP contribution in [0.3, 0.4) is 0 Å². The molecule has 0 spiro atoms. The molecule has 2 rings (SSSR count). The number of hydrogen-bond donors (Lipinski definition) is 1. The van der Waals surface area contributed by atoms with Gasteiger partial charge < -0.3 is 5.32 Å². The average molecular weight is 266 g/mol. The summed E-state index contributed by atoms with van der Waals surface area (Å²) in [6.45, 7) is 2.18. The molecule has 2 heteroatoms. The van der Waals surface area contributed by atoms with Crippen molar-refractivity contribution in [3.8, 4) is 0 Å². The SMILES string of the molecule is CNC(CC1CCCCC1)c1cc(Cl)ccc1C. The van der Waals surface area contributed by atoms with Gasteiger partial charge in [0.15, 0.2) is 0 Å². The van der Waals surface area contributed by atoms with Crippen molar-refractivity contribution in [2.24, 2.45) is 5.92 Å². The fourth-order valence-corrected chi connectivity index (χ4v) is 3.32. The lowest BCUT2D eigenvalue weighted by Crippen LogP contribution is -2.22. The highest BCUT2D eigenvalue weighted by atomic mass is 35.5. The highest BCUT2D eigenvalue weighted by Crippen LogP contribution is 2.33. The predicted octanol–water partition coefficient (Wildman–Crippen LogP) is 4.88. The molecule has 0 heterocycles. The standard InChI is InChI=1S/C16H24ClN/c1-12-8-9-14(17)11-15(12)16(18-2)10-13-6-4-3-5-7-13/h8-9,11,13,16,18H,3-7,10H2,1-2H3. The summed E-state index contributed by atoms with van der Waals surface area (Å²) < 4.78 is 0. The third-order valence-corrected chi connectivity index (χ3v) is 4.49. The smallest absolute Gasteiger partial charge is 0.0409 e. The third-order valence-electron chi connectivity index (χ3n) is 4.26. The van der Waals surface area contributed by atoms with Crippen LogP contribution in [-0.4, -0.2) is 7.05 Å². The highest BCUT2D eigenvalue weighted by Gasteiger charge is 2.20. The van der Waals surface area contributed by atoms with E-state index in [1.807, 2.05) is 6.07 Å². The lowest BCUT2D eigenvalue weighted by Gasteiger charge is -2.27. The van der Waals surface area contributed by atoms with Gasteiger partial charge in [-0.1, -0.05) is 49.8 Å². The Labute approximate surface area is 116 Å². The van der Waals surface area contributed by atoms with Crippen LogP contribution in [0.1, 0.15) is 55.7 Å². The summed E-state index contributed by atoms with van der Waals surface area (Å²) in [5, 5.41) is 4.32. The summed E-state index contributed by atoms with van der Waals surface area (Å²) in [4.78, 5) is 0. The molecule has 1 N–H and O–H groups in total. The van der Waals surface area contributed by atoms with Crippen LogP contribution in [0, 0.1) is 12.8 Å². The monoisotopic (exact) mass is 265 g/mol. The van der Waals surface area contributed by atoms with Crippen molar-refractivity contribution in [3.05, 3.63) is 34.3 Å². The molecule has 1 aliphatic rings. The van der Waals surface area contributed by atoms with Crippen LogP contribution in [0.25, 0.3) is 0 Å². The van der Waals surface area contributed by atoms with Gasteiger partial charge in [0.25, 0.3) is 0 Å². The molecule has 1 atom stereocenters. The van der Waals surface area contributed by atoms with Crippen LogP contribution < -0.4 is 5.32 Å². The third kappa shape index (κ3) is 3.49. The van der Waals surface area contributed by atoms with Gasteiger partial charge in [0, 0.05) is 11.1 Å². The van der Waals surface area contributed by atoms with Gasteiger partial charge in [-0.3, -0.25) is 0 Å². The molecule has 0 aliphatic heterocycles. The van der Waals surface area contributed by atoms with Gasteiger partial charge in [-0.05, 0) is 49.6 Å². The summed E-state index contributed by atoms with van der Waals surface area (Å²) in [5.74, 6) is 0.884. The van der Waals surface area contributed by atoms with E-state index in [2.05, 4.69) is 31.4 Å². The maximum absolute atomic E-state index is 6.13. The minimum absolute atomic E-state index is 0.451. The Hall–Kier alpha value is -0.530. The molecule has 1 aromatic rings. The van der Waals surface area contributed by atoms with E-state index in [1.165, 1.54) is 49.7 Å². The molecule has 100 valence electrons. The van der Waals surface area contributed by atoms with Crippen molar-refractivity contribution in [1.82, 2.24) is 5.32 Å². The van der Waals surface area contributed by atoms with Crippen molar-refractivity contribution in [2.75, 3.05) is 7.05 Å². The second-order valence-corrected chi connectivity index (χ2v) is 6.02. The van der Waals surface area contributed by atoms with E-state index in [0.29, 0.717) is 6.04 Å². The molecule has 1 nitrogen and oxygen atoms in total. The lowest BCUT2D eigenvalue weighted by molar-refractivity contribution is 0.305. The van der Waals surface area contributed by atoms with E-state index in [9.17, 15) is 0 Å². The lowest BCUT2D eigenvalue weighted by atomic mass is 9.83. The normalized spacial score (nSPS) is 18.8. The molecule has 1 fully saturated rings. The molecule has 0 saturated heterocycles. The van der Waals surface area contributed by atoms with Crippen molar-refractivity contribution in [1.29, 1.82) is 0 Å². The van der Waals surface area contributed by atoms with E-state index in [4.69, 9.17) is 11.6 Å². The van der Waals surface area contributed by atoms with Gasteiger partial charge in [-0.25, -0.2) is 0 Å². The Morgan fingerprint density at radius 2 is 2.00 bits per heavy atom. The van der Waals surface area contributed by atoms with E-state index in [-0.39, 0.29) is 0 Å². The van der Waals surface area contributed by atoms with Gasteiger partial charge in [0.1, 0.15) is 0 Å². The van der Waals surface area contributed by atoms with E-state index >= 15 is 0 Å². The minimum Gasteiger partial charge on any atom is -0.313 e. The zero-order chi connectivity index (χ0) is 13.0. The second-order valence-electron chi connectivity index (χ2n) is 5.58. The van der Waals surface area contributed by atoms with Crippen molar-refractivity contribution in [2.45, 2.75) is 51.5 Å². The van der Waals surface area contributed by atoms with Crippen LogP contribution in [-0.2, 0) is 0 Å². The summed E-state index contributed by atoms with van der Waals surface area (Å²) in [6.07, 6.45) is 8.30. The molecule has 1 unspecified atom stereocenters. The Kier molecular flexibility index (Phi) is 5.08. The summed E-state index contributed by atoms with van der Waals surface area (Å²) in [6, 6.07) is 6.68. The molecule has 0 aromatic heterocycles. The first-order chi connectivity index (χ1) is 8.70. The number of nitrogens with one attached hydrogen (secondary N) is 1. The van der Waals surface area contributed by atoms with Crippen LogP contribution >= 0.6 is 11.6 Å². The number of rotatable bonds is 4. The van der Waals surface area contributed by atoms with Gasteiger partial charge in [0.05, 0.1) is 0 Å². The Bertz CT molecular complexity index is 383. The zero-order valence-electron chi connectivity index (χ0n) is 11.5. The molecular weight excluding hydrogens is 242 g/mol. The Balaban J connectivity index is 2.09. The van der Waals surface area contributed by atoms with Crippen LogP contribution in [0.5, 0.6) is 0 Å². The molecule has 1 saturated carbocycles. The molecule has 0 bridgehead atoms. The second kappa shape index (κ2) is 6.58. The largest absolute Gasteiger partial charge is 0.313 e. The van der Waals surface area contributed by atoms with E-state index in [1.54, 1.807) is 0 Å².